The normalized spacial score (nSPS) is 13.6. The first-order chi connectivity index (χ1) is 5.31. The van der Waals surface area contributed by atoms with Crippen molar-refractivity contribution < 1.29 is 4.79 Å². The van der Waals surface area contributed by atoms with Gasteiger partial charge in [-0.1, -0.05) is 32.4 Å². The molecule has 1 atom stereocenters. The topological polar surface area (TPSA) is 17.1 Å². The summed E-state index contributed by atoms with van der Waals surface area (Å²) in [5.41, 5.74) is 0. The second kappa shape index (κ2) is 7.52. The maximum atomic E-state index is 10.2. The Hall–Kier alpha value is -0.590. The highest BCUT2D eigenvalue weighted by Crippen LogP contribution is 2.03. The van der Waals surface area contributed by atoms with Gasteiger partial charge in [0.1, 0.15) is 6.29 Å². The van der Waals surface area contributed by atoms with E-state index in [0.717, 1.165) is 25.5 Å². The van der Waals surface area contributed by atoms with E-state index in [0.29, 0.717) is 0 Å². The molecule has 0 aromatic heterocycles. The van der Waals surface area contributed by atoms with Crippen LogP contribution in [0.2, 0.25) is 0 Å². The number of unbranched alkanes of at least 4 members (excludes halogenated alkanes) is 1. The van der Waals surface area contributed by atoms with E-state index < -0.39 is 0 Å². The molecule has 11 heavy (non-hydrogen) atoms. The fourth-order valence-corrected chi connectivity index (χ4v) is 0.830. The first kappa shape index (κ1) is 10.4. The third-order valence-corrected chi connectivity index (χ3v) is 1.64. The van der Waals surface area contributed by atoms with E-state index >= 15 is 0 Å². The molecular formula is C10H18O. The Morgan fingerprint density at radius 3 is 2.45 bits per heavy atom. The van der Waals surface area contributed by atoms with Crippen molar-refractivity contribution in [2.45, 2.75) is 39.5 Å². The molecule has 0 N–H and O–H groups in total. The third-order valence-electron chi connectivity index (χ3n) is 1.64. The summed E-state index contributed by atoms with van der Waals surface area (Å²) in [6, 6.07) is 0. The molecule has 1 heteroatoms. The zero-order valence-corrected chi connectivity index (χ0v) is 7.55. The predicted octanol–water partition coefficient (Wildman–Crippen LogP) is 2.96. The second-order valence-corrected chi connectivity index (χ2v) is 2.95. The second-order valence-electron chi connectivity index (χ2n) is 2.95. The Labute approximate surface area is 69.5 Å². The van der Waals surface area contributed by atoms with Gasteiger partial charge in [-0.2, -0.15) is 0 Å². The van der Waals surface area contributed by atoms with Gasteiger partial charge >= 0.3 is 0 Å². The van der Waals surface area contributed by atoms with Crippen LogP contribution in [0.15, 0.2) is 12.2 Å². The van der Waals surface area contributed by atoms with E-state index in [1.54, 1.807) is 0 Å². The lowest BCUT2D eigenvalue weighted by Crippen LogP contribution is -1.93. The Kier molecular flexibility index (Phi) is 7.11. The lowest BCUT2D eigenvalue weighted by atomic mass is 10.1. The fourth-order valence-electron chi connectivity index (χ4n) is 0.830. The summed E-state index contributed by atoms with van der Waals surface area (Å²) in [6.45, 7) is 4.12. The number of rotatable bonds is 6. The molecule has 0 fully saturated rings. The van der Waals surface area contributed by atoms with E-state index in [1.165, 1.54) is 6.42 Å². The van der Waals surface area contributed by atoms with Crippen molar-refractivity contribution >= 4 is 6.29 Å². The first-order valence-corrected chi connectivity index (χ1v) is 4.41. The zero-order valence-electron chi connectivity index (χ0n) is 7.55. The van der Waals surface area contributed by atoms with E-state index in [1.807, 2.05) is 6.92 Å². The number of carbonyl (C=O) groups excluding carboxylic acids is 1. The van der Waals surface area contributed by atoms with Gasteiger partial charge in [-0.05, 0) is 19.3 Å². The van der Waals surface area contributed by atoms with Crippen molar-refractivity contribution in [1.29, 1.82) is 0 Å². The molecule has 0 aromatic rings. The van der Waals surface area contributed by atoms with Crippen molar-refractivity contribution in [3.8, 4) is 0 Å². The number of hydrogen-bond donors (Lipinski definition) is 0. The molecule has 0 aliphatic carbocycles. The maximum Gasteiger partial charge on any atom is 0.122 e. The summed E-state index contributed by atoms with van der Waals surface area (Å²) in [5.74, 6) is 0.223. The lowest BCUT2D eigenvalue weighted by molar-refractivity contribution is -0.110. The van der Waals surface area contributed by atoms with Crippen LogP contribution in [0.3, 0.4) is 0 Å². The average Bonchev–Trinajstić information content (AvgIpc) is 2.04. The molecule has 0 bridgehead atoms. The van der Waals surface area contributed by atoms with Gasteiger partial charge in [-0.15, -0.1) is 0 Å². The van der Waals surface area contributed by atoms with E-state index in [-0.39, 0.29) is 5.92 Å². The molecule has 0 heterocycles. The summed E-state index contributed by atoms with van der Waals surface area (Å²) in [6.07, 6.45) is 9.79. The van der Waals surface area contributed by atoms with Crippen LogP contribution >= 0.6 is 0 Å². The Balaban J connectivity index is 3.18. The van der Waals surface area contributed by atoms with Gasteiger partial charge in [0.25, 0.3) is 0 Å². The van der Waals surface area contributed by atoms with Crippen LogP contribution in [-0.4, -0.2) is 6.29 Å². The molecule has 0 rings (SSSR count). The molecule has 0 aliphatic heterocycles. The highest BCUT2D eigenvalue weighted by molar-refractivity contribution is 5.52. The van der Waals surface area contributed by atoms with Crippen LogP contribution in [-0.2, 0) is 4.79 Å². The quantitative estimate of drug-likeness (QED) is 0.424. The molecule has 0 amide bonds. The Morgan fingerprint density at radius 2 is 1.91 bits per heavy atom. The van der Waals surface area contributed by atoms with Crippen LogP contribution in [0, 0.1) is 5.92 Å². The molecule has 0 spiro atoms. The number of hydrogen-bond acceptors (Lipinski definition) is 1. The van der Waals surface area contributed by atoms with E-state index in [4.69, 9.17) is 0 Å². The predicted molar refractivity (Wildman–Crippen MR) is 48.5 cm³/mol. The van der Waals surface area contributed by atoms with Crippen LogP contribution in [0.1, 0.15) is 39.5 Å². The molecule has 0 aliphatic rings. The van der Waals surface area contributed by atoms with Crippen LogP contribution in [0.25, 0.3) is 0 Å². The Morgan fingerprint density at radius 1 is 1.27 bits per heavy atom. The largest absolute Gasteiger partial charge is 0.303 e. The number of aldehydes is 1. The van der Waals surface area contributed by atoms with E-state index in [9.17, 15) is 4.79 Å². The van der Waals surface area contributed by atoms with Crippen molar-refractivity contribution in [1.82, 2.24) is 0 Å². The van der Waals surface area contributed by atoms with Crippen LogP contribution in [0.5, 0.6) is 0 Å². The number of allylic oxidation sites excluding steroid dienone is 2. The van der Waals surface area contributed by atoms with Crippen molar-refractivity contribution in [2.24, 2.45) is 5.92 Å². The summed E-state index contributed by atoms with van der Waals surface area (Å²) >= 11 is 0. The monoisotopic (exact) mass is 154 g/mol. The highest BCUT2D eigenvalue weighted by Gasteiger charge is 1.95. The lowest BCUT2D eigenvalue weighted by Gasteiger charge is -1.97. The van der Waals surface area contributed by atoms with Crippen molar-refractivity contribution in [2.75, 3.05) is 0 Å². The molecule has 1 unspecified atom stereocenters. The van der Waals surface area contributed by atoms with Crippen molar-refractivity contribution in [3.05, 3.63) is 12.2 Å². The highest BCUT2D eigenvalue weighted by atomic mass is 16.1. The maximum absolute atomic E-state index is 10.2. The van der Waals surface area contributed by atoms with Gasteiger partial charge in [0.05, 0.1) is 0 Å². The van der Waals surface area contributed by atoms with Gasteiger partial charge in [0.15, 0.2) is 0 Å². The third kappa shape index (κ3) is 7.31. The van der Waals surface area contributed by atoms with Gasteiger partial charge in [-0.25, -0.2) is 0 Å². The molecule has 64 valence electrons. The standard InChI is InChI=1S/C10H18O/c1-3-4-5-6-7-8-10(2)9-11/h5-6,9-10H,3-4,7-8H2,1-2H3. The molecule has 0 aromatic carbocycles. The summed E-state index contributed by atoms with van der Waals surface area (Å²) < 4.78 is 0. The first-order valence-electron chi connectivity index (χ1n) is 4.41. The zero-order chi connectivity index (χ0) is 8.53. The van der Waals surface area contributed by atoms with Gasteiger partial charge < -0.3 is 4.79 Å². The summed E-state index contributed by atoms with van der Waals surface area (Å²) in [7, 11) is 0. The summed E-state index contributed by atoms with van der Waals surface area (Å²) in [4.78, 5) is 10.2. The van der Waals surface area contributed by atoms with E-state index in [2.05, 4.69) is 19.1 Å². The Bertz CT molecular complexity index is 116. The minimum absolute atomic E-state index is 0.223. The van der Waals surface area contributed by atoms with Crippen LogP contribution in [0.4, 0.5) is 0 Å². The van der Waals surface area contributed by atoms with Gasteiger partial charge in [0, 0.05) is 5.92 Å². The fraction of sp³-hybridized carbons (Fsp3) is 0.700. The van der Waals surface area contributed by atoms with Crippen LogP contribution < -0.4 is 0 Å². The molecule has 1 nitrogen and oxygen atoms in total. The molecule has 0 saturated heterocycles. The van der Waals surface area contributed by atoms with Gasteiger partial charge in [-0.3, -0.25) is 0 Å². The smallest absolute Gasteiger partial charge is 0.122 e. The van der Waals surface area contributed by atoms with Gasteiger partial charge in [0.2, 0.25) is 0 Å². The minimum Gasteiger partial charge on any atom is -0.303 e. The number of carbonyl (C=O) groups is 1. The molecular weight excluding hydrogens is 136 g/mol. The van der Waals surface area contributed by atoms with Crippen molar-refractivity contribution in [3.63, 3.8) is 0 Å². The SMILES string of the molecule is CCCC=CCCC(C)C=O. The molecule has 0 saturated carbocycles. The molecule has 0 radical (unpaired) electrons. The minimum atomic E-state index is 0.223. The average molecular weight is 154 g/mol. The summed E-state index contributed by atoms with van der Waals surface area (Å²) in [5, 5.41) is 0.